The second-order valence-electron chi connectivity index (χ2n) is 3.35. The number of halogens is 1. The fraction of sp³-hybridized carbons (Fsp3) is 0.400. The minimum atomic E-state index is 0.245. The Morgan fingerprint density at radius 2 is 2.08 bits per heavy atom. The maximum Gasteiger partial charge on any atom is 0.0558 e. The van der Waals surface area contributed by atoms with E-state index in [9.17, 15) is 0 Å². The number of aliphatic hydroxyl groups is 1. The minimum absolute atomic E-state index is 0.245. The van der Waals surface area contributed by atoms with Crippen molar-refractivity contribution in [1.29, 1.82) is 0 Å². The van der Waals surface area contributed by atoms with E-state index in [0.29, 0.717) is 0 Å². The molecule has 1 aliphatic heterocycles. The van der Waals surface area contributed by atoms with E-state index in [-0.39, 0.29) is 6.61 Å². The number of nitrogens with zero attached hydrogens (tertiary/aromatic N) is 1. The molecular weight excluding hydrogens is 230 g/mol. The van der Waals surface area contributed by atoms with Gasteiger partial charge in [0, 0.05) is 24.1 Å². The van der Waals surface area contributed by atoms with E-state index in [1.54, 1.807) is 0 Å². The van der Waals surface area contributed by atoms with Crippen LogP contribution in [0.3, 0.4) is 0 Å². The summed E-state index contributed by atoms with van der Waals surface area (Å²) >= 11 is 3.46. The number of rotatable bonds is 2. The topological polar surface area (TPSA) is 23.5 Å². The van der Waals surface area contributed by atoms with Gasteiger partial charge in [0.25, 0.3) is 0 Å². The van der Waals surface area contributed by atoms with Crippen LogP contribution in [0.25, 0.3) is 0 Å². The SMILES string of the molecule is OCCN1Cc2ccc(Br)cc2C1. The van der Waals surface area contributed by atoms with Gasteiger partial charge in [-0.1, -0.05) is 22.0 Å². The van der Waals surface area contributed by atoms with Gasteiger partial charge in [0.05, 0.1) is 6.61 Å². The molecule has 3 heteroatoms. The number of hydrogen-bond acceptors (Lipinski definition) is 2. The molecule has 13 heavy (non-hydrogen) atoms. The summed E-state index contributed by atoms with van der Waals surface area (Å²) in [5.41, 5.74) is 2.76. The molecule has 0 saturated carbocycles. The van der Waals surface area contributed by atoms with Crippen LogP contribution < -0.4 is 0 Å². The summed E-state index contributed by atoms with van der Waals surface area (Å²) in [7, 11) is 0. The largest absolute Gasteiger partial charge is 0.395 e. The average molecular weight is 242 g/mol. The summed E-state index contributed by atoms with van der Waals surface area (Å²) in [5, 5.41) is 8.81. The number of aliphatic hydroxyl groups excluding tert-OH is 1. The van der Waals surface area contributed by atoms with Crippen LogP contribution in [0.4, 0.5) is 0 Å². The summed E-state index contributed by atoms with van der Waals surface area (Å²) in [6.45, 7) is 2.96. The standard InChI is InChI=1S/C10H12BrNO/c11-10-2-1-8-6-12(3-4-13)7-9(8)5-10/h1-2,5,13H,3-4,6-7H2. The van der Waals surface area contributed by atoms with E-state index in [0.717, 1.165) is 24.1 Å². The molecule has 0 aromatic heterocycles. The third-order valence-corrected chi connectivity index (χ3v) is 2.87. The van der Waals surface area contributed by atoms with E-state index in [2.05, 4.69) is 39.0 Å². The van der Waals surface area contributed by atoms with Gasteiger partial charge in [-0.15, -0.1) is 0 Å². The van der Waals surface area contributed by atoms with Gasteiger partial charge in [-0.25, -0.2) is 0 Å². The Hall–Kier alpha value is -0.380. The molecule has 2 rings (SSSR count). The first-order valence-corrected chi connectivity index (χ1v) is 5.19. The summed E-state index contributed by atoms with van der Waals surface area (Å²) in [6.07, 6.45) is 0. The summed E-state index contributed by atoms with van der Waals surface area (Å²) in [6, 6.07) is 6.38. The quantitative estimate of drug-likeness (QED) is 0.854. The van der Waals surface area contributed by atoms with E-state index < -0.39 is 0 Å². The molecule has 1 N–H and O–H groups in total. The predicted octanol–water partition coefficient (Wildman–Crippen LogP) is 1.76. The van der Waals surface area contributed by atoms with Crippen molar-refractivity contribution in [3.8, 4) is 0 Å². The van der Waals surface area contributed by atoms with Crippen molar-refractivity contribution >= 4 is 15.9 Å². The van der Waals surface area contributed by atoms with Crippen LogP contribution in [-0.4, -0.2) is 23.2 Å². The van der Waals surface area contributed by atoms with Gasteiger partial charge >= 0.3 is 0 Å². The zero-order valence-electron chi connectivity index (χ0n) is 7.33. The molecule has 0 amide bonds. The highest BCUT2D eigenvalue weighted by atomic mass is 79.9. The van der Waals surface area contributed by atoms with Crippen LogP contribution in [0, 0.1) is 0 Å². The zero-order valence-corrected chi connectivity index (χ0v) is 8.92. The molecule has 1 heterocycles. The minimum Gasteiger partial charge on any atom is -0.395 e. The molecule has 0 unspecified atom stereocenters. The lowest BCUT2D eigenvalue weighted by Gasteiger charge is -2.11. The van der Waals surface area contributed by atoms with Crippen molar-refractivity contribution in [3.63, 3.8) is 0 Å². The number of hydrogen-bond donors (Lipinski definition) is 1. The third kappa shape index (κ3) is 1.93. The van der Waals surface area contributed by atoms with Crippen LogP contribution in [0.15, 0.2) is 22.7 Å². The maximum absolute atomic E-state index is 8.81. The van der Waals surface area contributed by atoms with Crippen molar-refractivity contribution < 1.29 is 5.11 Å². The van der Waals surface area contributed by atoms with Crippen molar-refractivity contribution in [2.75, 3.05) is 13.2 Å². The van der Waals surface area contributed by atoms with E-state index in [1.165, 1.54) is 11.1 Å². The Labute approximate surface area is 86.3 Å². The first kappa shape index (κ1) is 9.19. The van der Waals surface area contributed by atoms with Gasteiger partial charge in [-0.3, -0.25) is 4.90 Å². The molecule has 1 aromatic carbocycles. The lowest BCUT2D eigenvalue weighted by molar-refractivity contribution is 0.198. The smallest absolute Gasteiger partial charge is 0.0558 e. The highest BCUT2D eigenvalue weighted by molar-refractivity contribution is 9.10. The summed E-state index contributed by atoms with van der Waals surface area (Å²) in [5.74, 6) is 0. The summed E-state index contributed by atoms with van der Waals surface area (Å²) < 4.78 is 1.14. The highest BCUT2D eigenvalue weighted by Crippen LogP contribution is 2.25. The molecule has 0 fully saturated rings. The molecule has 0 atom stereocenters. The fourth-order valence-corrected chi connectivity index (χ4v) is 2.14. The van der Waals surface area contributed by atoms with Crippen molar-refractivity contribution in [2.45, 2.75) is 13.1 Å². The molecule has 2 nitrogen and oxygen atoms in total. The lowest BCUT2D eigenvalue weighted by Crippen LogP contribution is -2.20. The van der Waals surface area contributed by atoms with Gasteiger partial charge in [0.2, 0.25) is 0 Å². The predicted molar refractivity (Wildman–Crippen MR) is 55.3 cm³/mol. The van der Waals surface area contributed by atoms with E-state index in [4.69, 9.17) is 5.11 Å². The Bertz CT molecular complexity index is 314. The van der Waals surface area contributed by atoms with E-state index >= 15 is 0 Å². The Morgan fingerprint density at radius 1 is 1.31 bits per heavy atom. The maximum atomic E-state index is 8.81. The van der Waals surface area contributed by atoms with E-state index in [1.807, 2.05) is 0 Å². The Morgan fingerprint density at radius 3 is 2.85 bits per heavy atom. The zero-order chi connectivity index (χ0) is 9.26. The van der Waals surface area contributed by atoms with Crippen LogP contribution in [0.1, 0.15) is 11.1 Å². The monoisotopic (exact) mass is 241 g/mol. The van der Waals surface area contributed by atoms with Gasteiger partial charge < -0.3 is 5.11 Å². The molecule has 70 valence electrons. The molecule has 0 radical (unpaired) electrons. The van der Waals surface area contributed by atoms with Gasteiger partial charge in [0.15, 0.2) is 0 Å². The second kappa shape index (κ2) is 3.78. The first-order chi connectivity index (χ1) is 6.29. The normalized spacial score (nSPS) is 16.2. The Kier molecular flexibility index (Phi) is 2.67. The van der Waals surface area contributed by atoms with Crippen LogP contribution in [-0.2, 0) is 13.1 Å². The molecule has 0 saturated heterocycles. The molecule has 0 bridgehead atoms. The van der Waals surface area contributed by atoms with Gasteiger partial charge in [-0.2, -0.15) is 0 Å². The second-order valence-corrected chi connectivity index (χ2v) is 4.26. The third-order valence-electron chi connectivity index (χ3n) is 2.37. The fourth-order valence-electron chi connectivity index (χ4n) is 1.73. The molecule has 1 aliphatic rings. The van der Waals surface area contributed by atoms with Crippen molar-refractivity contribution in [1.82, 2.24) is 4.90 Å². The summed E-state index contributed by atoms with van der Waals surface area (Å²) in [4.78, 5) is 2.25. The van der Waals surface area contributed by atoms with Crippen LogP contribution >= 0.6 is 15.9 Å². The average Bonchev–Trinajstić information content (AvgIpc) is 2.46. The van der Waals surface area contributed by atoms with Gasteiger partial charge in [-0.05, 0) is 23.3 Å². The van der Waals surface area contributed by atoms with Crippen molar-refractivity contribution in [3.05, 3.63) is 33.8 Å². The van der Waals surface area contributed by atoms with Gasteiger partial charge in [0.1, 0.15) is 0 Å². The number of benzene rings is 1. The van der Waals surface area contributed by atoms with Crippen LogP contribution in [0.2, 0.25) is 0 Å². The van der Waals surface area contributed by atoms with Crippen LogP contribution in [0.5, 0.6) is 0 Å². The number of fused-ring (bicyclic) bond motifs is 1. The van der Waals surface area contributed by atoms with Crippen molar-refractivity contribution in [2.24, 2.45) is 0 Å². The molecular formula is C10H12BrNO. The molecule has 0 spiro atoms. The molecule has 0 aliphatic carbocycles. The molecule has 1 aromatic rings. The first-order valence-electron chi connectivity index (χ1n) is 4.40. The lowest BCUT2D eigenvalue weighted by atomic mass is 10.1. The Balaban J connectivity index is 2.16. The highest BCUT2D eigenvalue weighted by Gasteiger charge is 2.17. The number of β-amino-alcohol motifs (C(OH)–C–C–N with tert-alkyl or cyclic N) is 1.